The second kappa shape index (κ2) is 3.63. The molecule has 0 fully saturated rings. The monoisotopic (exact) mass is 158 g/mol. The molecule has 3 nitrogen and oxygen atoms in total. The molecule has 1 rings (SSSR count). The smallest absolute Gasteiger partial charge is 0.0844 e. The molecule has 0 aliphatic carbocycles. The summed E-state index contributed by atoms with van der Waals surface area (Å²) in [6.07, 6.45) is 0. The van der Waals surface area contributed by atoms with E-state index in [0.29, 0.717) is 6.61 Å². The topological polar surface area (TPSA) is 35.0 Å². The summed E-state index contributed by atoms with van der Waals surface area (Å²) in [6, 6.07) is 0. The van der Waals surface area contributed by atoms with E-state index in [9.17, 15) is 0 Å². The standard InChI is InChI=1S/C6H10N2OS/c1-3-9-4-6-5(2)7-8-10-6/h3-4H2,1-2H3. The molecule has 10 heavy (non-hydrogen) atoms. The van der Waals surface area contributed by atoms with Crippen LogP contribution in [-0.4, -0.2) is 16.2 Å². The lowest BCUT2D eigenvalue weighted by Gasteiger charge is -1.95. The first-order valence-corrected chi connectivity index (χ1v) is 3.97. The molecule has 4 heteroatoms. The summed E-state index contributed by atoms with van der Waals surface area (Å²) in [4.78, 5) is 1.13. The maximum atomic E-state index is 5.19. The van der Waals surface area contributed by atoms with E-state index >= 15 is 0 Å². The third kappa shape index (κ3) is 1.75. The molecule has 0 saturated heterocycles. The molecule has 0 aromatic carbocycles. The van der Waals surface area contributed by atoms with Gasteiger partial charge in [-0.1, -0.05) is 4.49 Å². The predicted molar refractivity (Wildman–Crippen MR) is 40.0 cm³/mol. The third-order valence-electron chi connectivity index (χ3n) is 1.18. The van der Waals surface area contributed by atoms with E-state index in [-0.39, 0.29) is 0 Å². The van der Waals surface area contributed by atoms with E-state index in [1.807, 2.05) is 13.8 Å². The molecule has 0 unspecified atom stereocenters. The Morgan fingerprint density at radius 3 is 2.90 bits per heavy atom. The van der Waals surface area contributed by atoms with Crippen LogP contribution >= 0.6 is 11.5 Å². The first-order chi connectivity index (χ1) is 4.84. The molecule has 1 heterocycles. The summed E-state index contributed by atoms with van der Waals surface area (Å²) in [5.41, 5.74) is 0.985. The van der Waals surface area contributed by atoms with Crippen molar-refractivity contribution in [3.8, 4) is 0 Å². The van der Waals surface area contributed by atoms with Crippen molar-refractivity contribution in [1.82, 2.24) is 9.59 Å². The van der Waals surface area contributed by atoms with E-state index in [0.717, 1.165) is 17.2 Å². The van der Waals surface area contributed by atoms with Gasteiger partial charge in [-0.3, -0.25) is 0 Å². The highest BCUT2D eigenvalue weighted by Crippen LogP contribution is 2.09. The summed E-state index contributed by atoms with van der Waals surface area (Å²) in [5.74, 6) is 0. The van der Waals surface area contributed by atoms with Crippen LogP contribution < -0.4 is 0 Å². The molecule has 0 amide bonds. The van der Waals surface area contributed by atoms with Gasteiger partial charge in [0.05, 0.1) is 17.2 Å². The lowest BCUT2D eigenvalue weighted by atomic mass is 10.4. The SMILES string of the molecule is CCOCc1snnc1C. The Hall–Kier alpha value is -0.480. The van der Waals surface area contributed by atoms with Crippen molar-refractivity contribution < 1.29 is 4.74 Å². The van der Waals surface area contributed by atoms with Crippen LogP contribution in [0.15, 0.2) is 0 Å². The third-order valence-corrected chi connectivity index (χ3v) is 1.98. The molecule has 0 N–H and O–H groups in total. The minimum atomic E-state index is 0.653. The van der Waals surface area contributed by atoms with Gasteiger partial charge in [0, 0.05) is 6.61 Å². The van der Waals surface area contributed by atoms with E-state index in [1.54, 1.807) is 0 Å². The molecule has 1 aromatic rings. The molecule has 0 radical (unpaired) electrons. The number of nitrogens with zero attached hydrogens (tertiary/aromatic N) is 2. The van der Waals surface area contributed by atoms with Gasteiger partial charge in [0.1, 0.15) is 0 Å². The Bertz CT molecular complexity index is 199. The number of hydrogen-bond donors (Lipinski definition) is 0. The number of hydrogen-bond acceptors (Lipinski definition) is 4. The lowest BCUT2D eigenvalue weighted by Crippen LogP contribution is -1.90. The van der Waals surface area contributed by atoms with Crippen LogP contribution in [0.25, 0.3) is 0 Å². The molecule has 56 valence electrons. The minimum Gasteiger partial charge on any atom is -0.376 e. The number of rotatable bonds is 3. The average Bonchev–Trinajstić information content (AvgIpc) is 2.31. The zero-order valence-corrected chi connectivity index (χ0v) is 6.94. The largest absolute Gasteiger partial charge is 0.376 e. The Labute approximate surface area is 64.2 Å². The molecular weight excluding hydrogens is 148 g/mol. The first kappa shape index (κ1) is 7.63. The Kier molecular flexibility index (Phi) is 2.77. The molecule has 0 spiro atoms. The van der Waals surface area contributed by atoms with Crippen LogP contribution in [-0.2, 0) is 11.3 Å². The molecular formula is C6H10N2OS. The van der Waals surface area contributed by atoms with Crippen LogP contribution in [0.4, 0.5) is 0 Å². The van der Waals surface area contributed by atoms with Crippen LogP contribution in [0, 0.1) is 6.92 Å². The number of ether oxygens (including phenoxy) is 1. The summed E-state index contributed by atoms with van der Waals surface area (Å²) >= 11 is 1.40. The minimum absolute atomic E-state index is 0.653. The van der Waals surface area contributed by atoms with E-state index in [2.05, 4.69) is 9.59 Å². The van der Waals surface area contributed by atoms with E-state index in [4.69, 9.17) is 4.74 Å². The molecule has 1 aromatic heterocycles. The van der Waals surface area contributed by atoms with Crippen molar-refractivity contribution in [2.75, 3.05) is 6.61 Å². The fourth-order valence-corrected chi connectivity index (χ4v) is 1.15. The normalized spacial score (nSPS) is 10.2. The van der Waals surface area contributed by atoms with Crippen molar-refractivity contribution in [2.45, 2.75) is 20.5 Å². The van der Waals surface area contributed by atoms with Crippen LogP contribution in [0.2, 0.25) is 0 Å². The summed E-state index contributed by atoms with van der Waals surface area (Å²) in [7, 11) is 0. The zero-order chi connectivity index (χ0) is 7.40. The summed E-state index contributed by atoms with van der Waals surface area (Å²) < 4.78 is 8.98. The highest BCUT2D eigenvalue weighted by Gasteiger charge is 2.00. The highest BCUT2D eigenvalue weighted by molar-refractivity contribution is 7.05. The summed E-state index contributed by atoms with van der Waals surface area (Å²) in [6.45, 7) is 5.32. The van der Waals surface area contributed by atoms with Crippen molar-refractivity contribution in [3.05, 3.63) is 10.6 Å². The molecule has 0 bridgehead atoms. The number of aromatic nitrogens is 2. The van der Waals surface area contributed by atoms with Gasteiger partial charge in [-0.05, 0) is 25.4 Å². The van der Waals surface area contributed by atoms with Crippen molar-refractivity contribution in [2.24, 2.45) is 0 Å². The maximum Gasteiger partial charge on any atom is 0.0844 e. The van der Waals surface area contributed by atoms with Crippen LogP contribution in [0.5, 0.6) is 0 Å². The van der Waals surface area contributed by atoms with Gasteiger partial charge in [0.25, 0.3) is 0 Å². The van der Waals surface area contributed by atoms with Gasteiger partial charge in [0.2, 0.25) is 0 Å². The highest BCUT2D eigenvalue weighted by atomic mass is 32.1. The number of aryl methyl sites for hydroxylation is 1. The Morgan fingerprint density at radius 2 is 2.40 bits per heavy atom. The van der Waals surface area contributed by atoms with E-state index in [1.165, 1.54) is 11.5 Å². The Balaban J connectivity index is 2.49. The van der Waals surface area contributed by atoms with Crippen molar-refractivity contribution in [3.63, 3.8) is 0 Å². The van der Waals surface area contributed by atoms with Gasteiger partial charge in [-0.15, -0.1) is 5.10 Å². The van der Waals surface area contributed by atoms with Crippen LogP contribution in [0.3, 0.4) is 0 Å². The second-order valence-corrected chi connectivity index (χ2v) is 2.76. The van der Waals surface area contributed by atoms with E-state index < -0.39 is 0 Å². The van der Waals surface area contributed by atoms with Gasteiger partial charge < -0.3 is 4.74 Å². The average molecular weight is 158 g/mol. The van der Waals surface area contributed by atoms with Gasteiger partial charge in [-0.2, -0.15) is 0 Å². The second-order valence-electron chi connectivity index (χ2n) is 1.92. The van der Waals surface area contributed by atoms with Gasteiger partial charge in [0.15, 0.2) is 0 Å². The first-order valence-electron chi connectivity index (χ1n) is 3.20. The molecule has 0 saturated carbocycles. The summed E-state index contributed by atoms with van der Waals surface area (Å²) in [5, 5.41) is 3.86. The fraction of sp³-hybridized carbons (Fsp3) is 0.667. The van der Waals surface area contributed by atoms with Gasteiger partial charge in [-0.25, -0.2) is 0 Å². The molecule has 0 aliphatic rings. The fourth-order valence-electron chi connectivity index (χ4n) is 0.578. The van der Waals surface area contributed by atoms with Crippen molar-refractivity contribution in [1.29, 1.82) is 0 Å². The maximum absolute atomic E-state index is 5.19. The molecule has 0 aliphatic heterocycles. The van der Waals surface area contributed by atoms with Gasteiger partial charge >= 0.3 is 0 Å². The quantitative estimate of drug-likeness (QED) is 0.666. The Morgan fingerprint density at radius 1 is 1.60 bits per heavy atom. The van der Waals surface area contributed by atoms with Crippen LogP contribution in [0.1, 0.15) is 17.5 Å². The predicted octanol–water partition coefficient (Wildman–Crippen LogP) is 1.38. The zero-order valence-electron chi connectivity index (χ0n) is 6.13. The van der Waals surface area contributed by atoms with Crippen molar-refractivity contribution >= 4 is 11.5 Å². The molecule has 0 atom stereocenters. The lowest BCUT2D eigenvalue weighted by molar-refractivity contribution is 0.136.